The third-order valence-electron chi connectivity index (χ3n) is 4.06. The number of nitrogens with two attached hydrogens (primary N) is 1. The number of aliphatic hydroxyl groups is 1. The highest BCUT2D eigenvalue weighted by Gasteiger charge is 2.22. The topological polar surface area (TPSA) is 122 Å². The molecule has 0 aliphatic rings. The Bertz CT molecular complexity index is 867. The summed E-state index contributed by atoms with van der Waals surface area (Å²) in [6, 6.07) is 13.0. The monoisotopic (exact) mass is 445 g/mol. The summed E-state index contributed by atoms with van der Waals surface area (Å²) in [7, 11) is -3.74. The normalized spacial score (nSPS) is 13.2. The van der Waals surface area contributed by atoms with Gasteiger partial charge in [-0.3, -0.25) is 4.79 Å². The first kappa shape index (κ1) is 25.0. The Morgan fingerprint density at radius 3 is 2.31 bits per heavy atom. The van der Waals surface area contributed by atoms with E-state index < -0.39 is 33.9 Å². The summed E-state index contributed by atoms with van der Waals surface area (Å²) >= 11 is 0. The van der Waals surface area contributed by atoms with Crippen LogP contribution in [0, 0.1) is 5.82 Å². The number of halogens is 2. The van der Waals surface area contributed by atoms with Crippen LogP contribution >= 0.6 is 12.4 Å². The number of hydrogen-bond donors (Lipinski definition) is 4. The molecule has 0 radical (unpaired) electrons. The molecule has 2 atom stereocenters. The first-order valence-corrected chi connectivity index (χ1v) is 10.3. The van der Waals surface area contributed by atoms with Gasteiger partial charge in [0.25, 0.3) is 0 Å². The molecular formula is C19H25ClFN3O4S. The zero-order valence-corrected chi connectivity index (χ0v) is 17.3. The van der Waals surface area contributed by atoms with Gasteiger partial charge in [0.2, 0.25) is 15.9 Å². The molecule has 7 nitrogen and oxygen atoms in total. The van der Waals surface area contributed by atoms with Crippen molar-refractivity contribution in [1.29, 1.82) is 0 Å². The summed E-state index contributed by atoms with van der Waals surface area (Å²) in [6.45, 7) is 0.242. The van der Waals surface area contributed by atoms with Crippen molar-refractivity contribution in [3.63, 3.8) is 0 Å². The fourth-order valence-corrected chi connectivity index (χ4v) is 3.57. The Morgan fingerprint density at radius 1 is 1.07 bits per heavy atom. The van der Waals surface area contributed by atoms with Gasteiger partial charge in [-0.1, -0.05) is 30.3 Å². The van der Waals surface area contributed by atoms with Crippen molar-refractivity contribution in [2.75, 3.05) is 13.1 Å². The van der Waals surface area contributed by atoms with Crippen molar-refractivity contribution < 1.29 is 22.7 Å². The number of carbonyl (C=O) groups is 1. The van der Waals surface area contributed by atoms with E-state index in [0.29, 0.717) is 12.8 Å². The van der Waals surface area contributed by atoms with Gasteiger partial charge in [0.15, 0.2) is 0 Å². The van der Waals surface area contributed by atoms with E-state index >= 15 is 0 Å². The van der Waals surface area contributed by atoms with Crippen molar-refractivity contribution in [3.8, 4) is 0 Å². The highest BCUT2D eigenvalue weighted by Crippen LogP contribution is 2.09. The summed E-state index contributed by atoms with van der Waals surface area (Å²) in [5, 5.41) is 12.6. The molecule has 2 rings (SSSR count). The maximum Gasteiger partial charge on any atom is 0.250 e. The molecule has 0 heterocycles. The molecule has 1 amide bonds. The van der Waals surface area contributed by atoms with Gasteiger partial charge in [-0.25, -0.2) is 17.5 Å². The van der Waals surface area contributed by atoms with Gasteiger partial charge in [-0.05, 0) is 42.7 Å². The van der Waals surface area contributed by atoms with E-state index in [2.05, 4.69) is 10.0 Å². The highest BCUT2D eigenvalue weighted by molar-refractivity contribution is 7.89. The van der Waals surface area contributed by atoms with Crippen molar-refractivity contribution in [2.24, 2.45) is 5.73 Å². The van der Waals surface area contributed by atoms with Crippen LogP contribution in [-0.4, -0.2) is 44.7 Å². The molecule has 0 bridgehead atoms. The third-order valence-corrected chi connectivity index (χ3v) is 5.53. The summed E-state index contributed by atoms with van der Waals surface area (Å²) in [6.07, 6.45) is -0.698. The SMILES string of the molecule is Cl.N[C@@H](Cc1ccccc1)C(O)C(=O)NCCCNS(=O)(=O)c1ccc(F)cc1. The Hall–Kier alpha value is -2.04. The largest absolute Gasteiger partial charge is 0.382 e. The second-order valence-corrected chi connectivity index (χ2v) is 8.06. The molecule has 0 spiro atoms. The van der Waals surface area contributed by atoms with Crippen LogP contribution in [0.5, 0.6) is 0 Å². The number of carbonyl (C=O) groups excluding carboxylic acids is 1. The number of nitrogens with one attached hydrogen (secondary N) is 2. The molecule has 0 aromatic heterocycles. The number of benzene rings is 2. The molecule has 0 aliphatic heterocycles. The van der Waals surface area contributed by atoms with Crippen LogP contribution in [-0.2, 0) is 21.2 Å². The van der Waals surface area contributed by atoms with E-state index in [9.17, 15) is 22.7 Å². The number of rotatable bonds is 10. The maximum absolute atomic E-state index is 12.9. The molecule has 10 heteroatoms. The quantitative estimate of drug-likeness (QED) is 0.406. The second kappa shape index (κ2) is 11.8. The van der Waals surface area contributed by atoms with Gasteiger partial charge < -0.3 is 16.2 Å². The standard InChI is InChI=1S/C19H24FN3O4S.ClH/c20-15-7-9-16(10-8-15)28(26,27)23-12-4-11-22-19(25)18(24)17(21)13-14-5-2-1-3-6-14;/h1-3,5-10,17-18,23-24H,4,11-13,21H2,(H,22,25);1H/t17-,18?;/m0./s1. The highest BCUT2D eigenvalue weighted by atomic mass is 35.5. The lowest BCUT2D eigenvalue weighted by molar-refractivity contribution is -0.130. The molecule has 0 saturated carbocycles. The van der Waals surface area contributed by atoms with Crippen LogP contribution in [0.25, 0.3) is 0 Å². The average molecular weight is 446 g/mol. The first-order chi connectivity index (χ1) is 13.3. The van der Waals surface area contributed by atoms with Crippen molar-refractivity contribution in [2.45, 2.75) is 29.9 Å². The van der Waals surface area contributed by atoms with Crippen LogP contribution in [0.3, 0.4) is 0 Å². The van der Waals surface area contributed by atoms with E-state index in [1.165, 1.54) is 12.1 Å². The van der Waals surface area contributed by atoms with Gasteiger partial charge >= 0.3 is 0 Å². The molecule has 2 aromatic rings. The summed E-state index contributed by atoms with van der Waals surface area (Å²) in [4.78, 5) is 11.9. The van der Waals surface area contributed by atoms with Gasteiger partial charge in [-0.15, -0.1) is 12.4 Å². The van der Waals surface area contributed by atoms with Crippen molar-refractivity contribution in [3.05, 3.63) is 66.0 Å². The van der Waals surface area contributed by atoms with E-state index in [1.807, 2.05) is 30.3 Å². The fraction of sp³-hybridized carbons (Fsp3) is 0.316. The fourth-order valence-electron chi connectivity index (χ4n) is 2.50. The number of hydrogen-bond acceptors (Lipinski definition) is 5. The second-order valence-electron chi connectivity index (χ2n) is 6.29. The van der Waals surface area contributed by atoms with E-state index in [-0.39, 0.29) is 30.4 Å². The van der Waals surface area contributed by atoms with Gasteiger partial charge in [0.05, 0.1) is 4.90 Å². The zero-order chi connectivity index (χ0) is 20.6. The Balaban J connectivity index is 0.00000420. The molecule has 0 saturated heterocycles. The molecule has 29 heavy (non-hydrogen) atoms. The van der Waals surface area contributed by atoms with Crippen molar-refractivity contribution in [1.82, 2.24) is 10.0 Å². The Morgan fingerprint density at radius 2 is 1.69 bits per heavy atom. The third kappa shape index (κ3) is 8.08. The number of sulfonamides is 1. The molecule has 0 fully saturated rings. The molecule has 160 valence electrons. The molecule has 5 N–H and O–H groups in total. The molecular weight excluding hydrogens is 421 g/mol. The van der Waals surface area contributed by atoms with E-state index in [4.69, 9.17) is 5.73 Å². The molecule has 2 aromatic carbocycles. The molecule has 0 aliphatic carbocycles. The van der Waals surface area contributed by atoms with Gasteiger partial charge in [0.1, 0.15) is 11.9 Å². The van der Waals surface area contributed by atoms with Crippen molar-refractivity contribution >= 4 is 28.3 Å². The van der Waals surface area contributed by atoms with Crippen LogP contribution in [0.4, 0.5) is 4.39 Å². The van der Waals surface area contributed by atoms with Crippen LogP contribution in [0.1, 0.15) is 12.0 Å². The van der Waals surface area contributed by atoms with Crippen LogP contribution < -0.4 is 15.8 Å². The summed E-state index contributed by atoms with van der Waals surface area (Å²) < 4.78 is 39.3. The number of amides is 1. The minimum absolute atomic E-state index is 0. The molecule has 1 unspecified atom stereocenters. The number of aliphatic hydroxyl groups excluding tert-OH is 1. The Labute approximate surface area is 176 Å². The van der Waals surface area contributed by atoms with Crippen LogP contribution in [0.15, 0.2) is 59.5 Å². The lowest BCUT2D eigenvalue weighted by Gasteiger charge is -2.18. The smallest absolute Gasteiger partial charge is 0.250 e. The van der Waals surface area contributed by atoms with E-state index in [0.717, 1.165) is 17.7 Å². The van der Waals surface area contributed by atoms with Gasteiger partial charge in [0, 0.05) is 19.1 Å². The predicted octanol–water partition coefficient (Wildman–Crippen LogP) is 0.963. The predicted molar refractivity (Wildman–Crippen MR) is 111 cm³/mol. The van der Waals surface area contributed by atoms with Gasteiger partial charge in [-0.2, -0.15) is 0 Å². The summed E-state index contributed by atoms with van der Waals surface area (Å²) in [5.74, 6) is -1.13. The van der Waals surface area contributed by atoms with E-state index in [1.54, 1.807) is 0 Å². The summed E-state index contributed by atoms with van der Waals surface area (Å²) in [5.41, 5.74) is 6.80. The average Bonchev–Trinajstić information content (AvgIpc) is 2.68. The first-order valence-electron chi connectivity index (χ1n) is 8.80. The minimum atomic E-state index is -3.74. The van der Waals surface area contributed by atoms with Crippen LogP contribution in [0.2, 0.25) is 0 Å². The maximum atomic E-state index is 12.9. The lowest BCUT2D eigenvalue weighted by atomic mass is 10.0. The Kier molecular flexibility index (Phi) is 10.2. The lowest BCUT2D eigenvalue weighted by Crippen LogP contribution is -2.47. The zero-order valence-electron chi connectivity index (χ0n) is 15.6. The minimum Gasteiger partial charge on any atom is -0.382 e.